The minimum Gasteiger partial charge on any atom is -0.341 e. The molecule has 2 aromatic rings. The number of nitrogens with zero attached hydrogens (tertiary/aromatic N) is 2. The molecule has 162 valence electrons. The van der Waals surface area contributed by atoms with Crippen molar-refractivity contribution in [3.63, 3.8) is 0 Å². The zero-order valence-corrected chi connectivity index (χ0v) is 17.2. The molecular weight excluding hydrogens is 404 g/mol. The summed E-state index contributed by atoms with van der Waals surface area (Å²) in [6.07, 6.45) is 2.03. The molecule has 0 spiro atoms. The van der Waals surface area contributed by atoms with E-state index in [2.05, 4.69) is 5.32 Å². The Hall–Kier alpha value is -3.29. The number of hydrogen-bond acceptors (Lipinski definition) is 3. The maximum atomic E-state index is 14.4. The van der Waals surface area contributed by atoms with E-state index in [-0.39, 0.29) is 24.8 Å². The first-order valence-electron chi connectivity index (χ1n) is 10.3. The van der Waals surface area contributed by atoms with Crippen molar-refractivity contribution in [3.05, 3.63) is 64.7 Å². The Balaban J connectivity index is 1.72. The molecule has 1 fully saturated rings. The van der Waals surface area contributed by atoms with Crippen molar-refractivity contribution >= 4 is 23.4 Å². The van der Waals surface area contributed by atoms with Crippen LogP contribution in [0.15, 0.2) is 36.4 Å². The van der Waals surface area contributed by atoms with Gasteiger partial charge in [0.25, 0.3) is 5.91 Å². The van der Waals surface area contributed by atoms with Crippen molar-refractivity contribution in [2.24, 2.45) is 0 Å². The van der Waals surface area contributed by atoms with E-state index < -0.39 is 29.1 Å². The van der Waals surface area contributed by atoms with E-state index in [0.717, 1.165) is 36.1 Å². The minimum atomic E-state index is -0.963. The van der Waals surface area contributed by atoms with Crippen molar-refractivity contribution in [2.45, 2.75) is 38.8 Å². The number of hydrogen-bond donors (Lipinski definition) is 1. The van der Waals surface area contributed by atoms with Crippen LogP contribution in [0.4, 0.5) is 14.5 Å². The summed E-state index contributed by atoms with van der Waals surface area (Å²) in [5.74, 6) is -3.23. The van der Waals surface area contributed by atoms with Gasteiger partial charge in [0.2, 0.25) is 11.8 Å². The maximum Gasteiger partial charge on any atom is 0.260 e. The van der Waals surface area contributed by atoms with E-state index >= 15 is 0 Å². The molecule has 0 bridgehead atoms. The largest absolute Gasteiger partial charge is 0.341 e. The van der Waals surface area contributed by atoms with Gasteiger partial charge in [0.1, 0.15) is 23.2 Å². The summed E-state index contributed by atoms with van der Waals surface area (Å²) in [6.45, 7) is 2.63. The SMILES string of the molecule is CC(=O)Nc1ccc2c(c1)CN(C(=O)c1c(F)cccc1F)[C@H](C(=O)N1CCCC1)C2. The van der Waals surface area contributed by atoms with E-state index in [1.54, 1.807) is 17.0 Å². The van der Waals surface area contributed by atoms with Crippen LogP contribution in [0.5, 0.6) is 0 Å². The highest BCUT2D eigenvalue weighted by Gasteiger charge is 2.39. The summed E-state index contributed by atoms with van der Waals surface area (Å²) in [5, 5.41) is 2.69. The van der Waals surface area contributed by atoms with E-state index in [1.807, 2.05) is 6.07 Å². The number of amides is 3. The smallest absolute Gasteiger partial charge is 0.260 e. The first kappa shape index (κ1) is 21.0. The van der Waals surface area contributed by atoms with Crippen LogP contribution in [-0.2, 0) is 22.6 Å². The molecule has 3 amide bonds. The zero-order chi connectivity index (χ0) is 22.1. The molecule has 8 heteroatoms. The molecule has 4 rings (SSSR count). The van der Waals surface area contributed by atoms with E-state index in [1.165, 1.54) is 17.9 Å². The standard InChI is InChI=1S/C23H23F2N3O3/c1-14(29)26-17-8-7-15-12-20(22(30)27-9-2-3-10-27)28(13-16(15)11-17)23(31)21-18(24)5-4-6-19(21)25/h4-8,11,20H,2-3,9-10,12-13H2,1H3,(H,26,29)/t20-/m0/s1. The van der Waals surface area contributed by atoms with Gasteiger partial charge in [0, 0.05) is 38.7 Å². The van der Waals surface area contributed by atoms with Crippen molar-refractivity contribution in [1.29, 1.82) is 0 Å². The number of nitrogens with one attached hydrogen (secondary N) is 1. The van der Waals surface area contributed by atoms with Crippen LogP contribution >= 0.6 is 0 Å². The van der Waals surface area contributed by atoms with Crippen LogP contribution < -0.4 is 5.32 Å². The van der Waals surface area contributed by atoms with Crippen molar-refractivity contribution in [1.82, 2.24) is 9.80 Å². The van der Waals surface area contributed by atoms with Crippen LogP contribution in [0, 0.1) is 11.6 Å². The Kier molecular flexibility index (Phi) is 5.71. The predicted molar refractivity (Wildman–Crippen MR) is 110 cm³/mol. The van der Waals surface area contributed by atoms with Gasteiger partial charge in [-0.25, -0.2) is 8.78 Å². The molecule has 2 aromatic carbocycles. The summed E-state index contributed by atoms with van der Waals surface area (Å²) >= 11 is 0. The molecule has 31 heavy (non-hydrogen) atoms. The molecule has 2 heterocycles. The van der Waals surface area contributed by atoms with Crippen molar-refractivity contribution < 1.29 is 23.2 Å². The van der Waals surface area contributed by atoms with Crippen LogP contribution in [0.2, 0.25) is 0 Å². The third-order valence-corrected chi connectivity index (χ3v) is 5.80. The molecule has 0 aliphatic carbocycles. The average Bonchev–Trinajstić information content (AvgIpc) is 3.26. The molecule has 0 radical (unpaired) electrons. The summed E-state index contributed by atoms with van der Waals surface area (Å²) in [6, 6.07) is 7.69. The molecule has 0 aromatic heterocycles. The molecule has 0 unspecified atom stereocenters. The van der Waals surface area contributed by atoms with E-state index in [4.69, 9.17) is 0 Å². The second-order valence-electron chi connectivity index (χ2n) is 7.95. The van der Waals surface area contributed by atoms with Gasteiger partial charge in [-0.2, -0.15) is 0 Å². The molecular formula is C23H23F2N3O3. The van der Waals surface area contributed by atoms with Gasteiger partial charge < -0.3 is 15.1 Å². The highest BCUT2D eigenvalue weighted by atomic mass is 19.1. The third kappa shape index (κ3) is 4.15. The number of carbonyl (C=O) groups excluding carboxylic acids is 3. The Morgan fingerprint density at radius 1 is 1.00 bits per heavy atom. The first-order valence-corrected chi connectivity index (χ1v) is 10.3. The molecule has 1 atom stereocenters. The maximum absolute atomic E-state index is 14.4. The van der Waals surface area contributed by atoms with Gasteiger partial charge >= 0.3 is 0 Å². The Morgan fingerprint density at radius 2 is 1.68 bits per heavy atom. The summed E-state index contributed by atoms with van der Waals surface area (Å²) in [7, 11) is 0. The topological polar surface area (TPSA) is 69.7 Å². The molecule has 2 aliphatic rings. The molecule has 0 saturated carbocycles. The normalized spacial score (nSPS) is 18.0. The lowest BCUT2D eigenvalue weighted by Gasteiger charge is -2.38. The lowest BCUT2D eigenvalue weighted by Crippen LogP contribution is -2.53. The van der Waals surface area contributed by atoms with Crippen molar-refractivity contribution in [2.75, 3.05) is 18.4 Å². The molecule has 2 aliphatic heterocycles. The van der Waals surface area contributed by atoms with Gasteiger partial charge in [-0.3, -0.25) is 14.4 Å². The monoisotopic (exact) mass is 427 g/mol. The fraction of sp³-hybridized carbons (Fsp3) is 0.348. The highest BCUT2D eigenvalue weighted by molar-refractivity contribution is 5.98. The number of halogens is 2. The summed E-state index contributed by atoms with van der Waals surface area (Å²) in [4.78, 5) is 40.8. The molecule has 1 saturated heterocycles. The predicted octanol–water partition coefficient (Wildman–Crippen LogP) is 3.11. The highest BCUT2D eigenvalue weighted by Crippen LogP contribution is 2.30. The van der Waals surface area contributed by atoms with Crippen LogP contribution in [0.1, 0.15) is 41.3 Å². The fourth-order valence-corrected chi connectivity index (χ4v) is 4.29. The number of anilines is 1. The Labute approximate surface area is 178 Å². The quantitative estimate of drug-likeness (QED) is 0.819. The summed E-state index contributed by atoms with van der Waals surface area (Å²) in [5.41, 5.74) is 1.48. The Bertz CT molecular complexity index is 1030. The second-order valence-corrected chi connectivity index (χ2v) is 7.95. The number of fused-ring (bicyclic) bond motifs is 1. The number of rotatable bonds is 3. The third-order valence-electron chi connectivity index (χ3n) is 5.80. The summed E-state index contributed by atoms with van der Waals surface area (Å²) < 4.78 is 28.7. The van der Waals surface area contributed by atoms with Gasteiger partial charge in [0.05, 0.1) is 0 Å². The number of likely N-dealkylation sites (tertiary alicyclic amines) is 1. The van der Waals surface area contributed by atoms with Crippen molar-refractivity contribution in [3.8, 4) is 0 Å². The molecule has 6 nitrogen and oxygen atoms in total. The van der Waals surface area contributed by atoms with E-state index in [9.17, 15) is 23.2 Å². The Morgan fingerprint density at radius 3 is 2.32 bits per heavy atom. The number of carbonyl (C=O) groups is 3. The van der Waals surface area contributed by atoms with Gasteiger partial charge in [-0.05, 0) is 48.2 Å². The average molecular weight is 427 g/mol. The van der Waals surface area contributed by atoms with Gasteiger partial charge in [0.15, 0.2) is 0 Å². The van der Waals surface area contributed by atoms with Crippen LogP contribution in [-0.4, -0.2) is 46.7 Å². The fourth-order valence-electron chi connectivity index (χ4n) is 4.29. The van der Waals surface area contributed by atoms with Gasteiger partial charge in [-0.15, -0.1) is 0 Å². The van der Waals surface area contributed by atoms with Crippen LogP contribution in [0.25, 0.3) is 0 Å². The lowest BCUT2D eigenvalue weighted by atomic mass is 9.91. The zero-order valence-electron chi connectivity index (χ0n) is 17.2. The number of benzene rings is 2. The molecule has 1 N–H and O–H groups in total. The second kappa shape index (κ2) is 8.45. The minimum absolute atomic E-state index is 0.0135. The van der Waals surface area contributed by atoms with Gasteiger partial charge in [-0.1, -0.05) is 12.1 Å². The van der Waals surface area contributed by atoms with Crippen LogP contribution in [0.3, 0.4) is 0 Å². The lowest BCUT2D eigenvalue weighted by molar-refractivity contribution is -0.135. The van der Waals surface area contributed by atoms with E-state index in [0.29, 0.717) is 18.8 Å². The first-order chi connectivity index (χ1) is 14.8.